The molecule has 2 saturated heterocycles. The molecule has 2 aromatic rings. The summed E-state index contributed by atoms with van der Waals surface area (Å²) in [5, 5.41) is 13.5. The minimum Gasteiger partial charge on any atom is -0.376 e. The fraction of sp³-hybridized carbons (Fsp3) is 0.318. The number of nitro groups is 1. The van der Waals surface area contributed by atoms with Gasteiger partial charge in [0.05, 0.1) is 23.3 Å². The fourth-order valence-electron chi connectivity index (χ4n) is 3.58. The number of nitro benzene ring substituents is 1. The van der Waals surface area contributed by atoms with E-state index >= 15 is 0 Å². The maximum atomic E-state index is 13.1. The summed E-state index contributed by atoms with van der Waals surface area (Å²) in [6, 6.07) is 15.0. The Labute approximate surface area is 189 Å². The lowest BCUT2D eigenvalue weighted by Crippen LogP contribution is -2.38. The fourth-order valence-corrected chi connectivity index (χ4v) is 4.74. The van der Waals surface area contributed by atoms with Gasteiger partial charge in [-0.25, -0.2) is 4.99 Å². The van der Waals surface area contributed by atoms with E-state index in [0.29, 0.717) is 24.0 Å². The Bertz CT molecular complexity index is 1040. The van der Waals surface area contributed by atoms with Crippen molar-refractivity contribution in [1.82, 2.24) is 4.90 Å². The van der Waals surface area contributed by atoms with E-state index in [9.17, 15) is 19.7 Å². The van der Waals surface area contributed by atoms with Gasteiger partial charge in [-0.2, -0.15) is 0 Å². The van der Waals surface area contributed by atoms with Crippen LogP contribution in [0.4, 0.5) is 17.1 Å². The van der Waals surface area contributed by atoms with E-state index in [-0.39, 0.29) is 24.1 Å². The van der Waals surface area contributed by atoms with E-state index in [1.807, 2.05) is 30.3 Å². The van der Waals surface area contributed by atoms with Crippen LogP contribution in [0.15, 0.2) is 59.6 Å². The first-order valence-corrected chi connectivity index (χ1v) is 11.2. The Kier molecular flexibility index (Phi) is 6.81. The van der Waals surface area contributed by atoms with Crippen LogP contribution in [0.3, 0.4) is 0 Å². The predicted molar refractivity (Wildman–Crippen MR) is 122 cm³/mol. The molecule has 2 aliphatic rings. The minimum absolute atomic E-state index is 0.0435. The molecule has 0 spiro atoms. The van der Waals surface area contributed by atoms with Crippen molar-refractivity contribution in [3.63, 3.8) is 0 Å². The molecule has 1 N–H and O–H groups in total. The molecule has 0 aromatic heterocycles. The van der Waals surface area contributed by atoms with Gasteiger partial charge in [0.25, 0.3) is 5.69 Å². The number of ether oxygens (including phenoxy) is 1. The molecule has 2 unspecified atom stereocenters. The normalized spacial score (nSPS) is 21.8. The molecule has 2 atom stereocenters. The zero-order valence-electron chi connectivity index (χ0n) is 17.2. The van der Waals surface area contributed by atoms with Crippen molar-refractivity contribution in [2.75, 3.05) is 18.5 Å². The topological polar surface area (TPSA) is 114 Å². The maximum absolute atomic E-state index is 13.1. The quantitative estimate of drug-likeness (QED) is 0.504. The summed E-state index contributed by atoms with van der Waals surface area (Å²) in [7, 11) is 0. The Morgan fingerprint density at radius 2 is 2.06 bits per heavy atom. The first kappa shape index (κ1) is 22.0. The van der Waals surface area contributed by atoms with E-state index in [1.165, 1.54) is 30.0 Å². The molecule has 2 heterocycles. The number of carbonyl (C=O) groups excluding carboxylic acids is 2. The molecule has 9 nitrogen and oxygen atoms in total. The standard InChI is InChI=1S/C22H22N4O5S/c27-20(23-16-8-4-9-17(12-16)26(29)30)13-19-21(28)25(14-18-10-5-11-31-18)22(32-19)24-15-6-2-1-3-7-15/h1-4,6-9,12,18-19H,5,10-11,13-14H2,(H,23,27). The van der Waals surface area contributed by atoms with Crippen molar-refractivity contribution in [1.29, 1.82) is 0 Å². The highest BCUT2D eigenvalue weighted by molar-refractivity contribution is 8.15. The van der Waals surface area contributed by atoms with E-state index in [4.69, 9.17) is 4.74 Å². The highest BCUT2D eigenvalue weighted by atomic mass is 32.2. The van der Waals surface area contributed by atoms with Gasteiger partial charge in [0.15, 0.2) is 5.17 Å². The second-order valence-corrected chi connectivity index (χ2v) is 8.65. The molecule has 32 heavy (non-hydrogen) atoms. The number of amidine groups is 1. The largest absolute Gasteiger partial charge is 0.376 e. The molecule has 2 amide bonds. The van der Waals surface area contributed by atoms with Gasteiger partial charge < -0.3 is 10.1 Å². The number of aliphatic imine (C=N–C) groups is 1. The van der Waals surface area contributed by atoms with Crippen molar-refractivity contribution in [2.45, 2.75) is 30.6 Å². The number of thioether (sulfide) groups is 1. The number of hydrogen-bond acceptors (Lipinski definition) is 7. The number of non-ortho nitro benzene ring substituents is 1. The first-order valence-electron chi connectivity index (χ1n) is 10.3. The summed E-state index contributed by atoms with van der Waals surface area (Å²) >= 11 is 1.25. The van der Waals surface area contributed by atoms with Crippen LogP contribution < -0.4 is 5.32 Å². The van der Waals surface area contributed by atoms with E-state index in [2.05, 4.69) is 10.3 Å². The third-order valence-corrected chi connectivity index (χ3v) is 6.30. The summed E-state index contributed by atoms with van der Waals surface area (Å²) in [5.74, 6) is -0.580. The molecule has 0 aliphatic carbocycles. The Morgan fingerprint density at radius 1 is 1.25 bits per heavy atom. The summed E-state index contributed by atoms with van der Waals surface area (Å²) in [4.78, 5) is 42.4. The van der Waals surface area contributed by atoms with Crippen LogP contribution >= 0.6 is 11.8 Å². The first-order chi connectivity index (χ1) is 15.5. The summed E-state index contributed by atoms with van der Waals surface area (Å²) in [5.41, 5.74) is 0.921. The number of nitrogens with zero attached hydrogens (tertiary/aromatic N) is 3. The summed E-state index contributed by atoms with van der Waals surface area (Å²) in [6.07, 6.45) is 1.73. The number of nitrogens with one attached hydrogen (secondary N) is 1. The number of carbonyl (C=O) groups is 2. The summed E-state index contributed by atoms with van der Waals surface area (Å²) < 4.78 is 5.70. The predicted octanol–water partition coefficient (Wildman–Crippen LogP) is 3.73. The van der Waals surface area contributed by atoms with Gasteiger partial charge in [0, 0.05) is 30.8 Å². The minimum atomic E-state index is -0.627. The molecule has 10 heteroatoms. The van der Waals surface area contributed by atoms with Crippen LogP contribution in [-0.2, 0) is 14.3 Å². The van der Waals surface area contributed by atoms with Crippen LogP contribution in [0.25, 0.3) is 0 Å². The molecule has 0 saturated carbocycles. The van der Waals surface area contributed by atoms with Crippen molar-refractivity contribution in [3.05, 3.63) is 64.7 Å². The van der Waals surface area contributed by atoms with E-state index in [1.54, 1.807) is 11.0 Å². The molecule has 2 aliphatic heterocycles. The monoisotopic (exact) mass is 454 g/mol. The molecule has 166 valence electrons. The van der Waals surface area contributed by atoms with E-state index < -0.39 is 16.1 Å². The lowest BCUT2D eigenvalue weighted by molar-refractivity contribution is -0.384. The van der Waals surface area contributed by atoms with Gasteiger partial charge in [0.1, 0.15) is 5.25 Å². The number of hydrogen-bond donors (Lipinski definition) is 1. The maximum Gasteiger partial charge on any atom is 0.271 e. The molecule has 4 rings (SSSR count). The highest BCUT2D eigenvalue weighted by Gasteiger charge is 2.40. The third kappa shape index (κ3) is 5.32. The Hall–Kier alpha value is -3.24. The van der Waals surface area contributed by atoms with Gasteiger partial charge >= 0.3 is 0 Å². The van der Waals surface area contributed by atoms with Gasteiger partial charge in [-0.05, 0) is 31.0 Å². The lowest BCUT2D eigenvalue weighted by Gasteiger charge is -2.20. The van der Waals surface area contributed by atoms with Crippen molar-refractivity contribution in [2.24, 2.45) is 4.99 Å². The van der Waals surface area contributed by atoms with Crippen LogP contribution in [-0.4, -0.2) is 51.3 Å². The molecule has 2 fully saturated rings. The Morgan fingerprint density at radius 3 is 2.78 bits per heavy atom. The average Bonchev–Trinajstić information content (AvgIpc) is 3.39. The molecular weight excluding hydrogens is 432 g/mol. The van der Waals surface area contributed by atoms with Gasteiger partial charge in [-0.1, -0.05) is 36.0 Å². The van der Waals surface area contributed by atoms with Gasteiger partial charge in [-0.15, -0.1) is 0 Å². The second-order valence-electron chi connectivity index (χ2n) is 7.48. The van der Waals surface area contributed by atoms with Crippen LogP contribution in [0.2, 0.25) is 0 Å². The van der Waals surface area contributed by atoms with Crippen molar-refractivity contribution < 1.29 is 19.2 Å². The van der Waals surface area contributed by atoms with Gasteiger partial charge in [-0.3, -0.25) is 24.6 Å². The average molecular weight is 455 g/mol. The number of benzene rings is 2. The molecule has 0 radical (unpaired) electrons. The summed E-state index contributed by atoms with van der Waals surface area (Å²) in [6.45, 7) is 1.08. The zero-order valence-corrected chi connectivity index (χ0v) is 18.0. The smallest absolute Gasteiger partial charge is 0.271 e. The van der Waals surface area contributed by atoms with Crippen molar-refractivity contribution >= 4 is 45.8 Å². The van der Waals surface area contributed by atoms with Crippen LogP contribution in [0.1, 0.15) is 19.3 Å². The lowest BCUT2D eigenvalue weighted by atomic mass is 10.2. The molecular formula is C22H22N4O5S. The van der Waals surface area contributed by atoms with Gasteiger partial charge in [0.2, 0.25) is 11.8 Å². The third-order valence-electron chi connectivity index (χ3n) is 5.12. The number of anilines is 1. The second kappa shape index (κ2) is 9.92. The zero-order chi connectivity index (χ0) is 22.5. The number of amides is 2. The number of para-hydroxylation sites is 1. The molecule has 0 bridgehead atoms. The Balaban J connectivity index is 1.47. The van der Waals surface area contributed by atoms with Crippen molar-refractivity contribution in [3.8, 4) is 0 Å². The number of rotatable bonds is 7. The van der Waals surface area contributed by atoms with E-state index in [0.717, 1.165) is 18.5 Å². The SMILES string of the molecule is O=C(CC1SC(=Nc2ccccc2)N(CC2CCCO2)C1=O)Nc1cccc([N+](=O)[O-])c1. The van der Waals surface area contributed by atoms with Crippen LogP contribution in [0, 0.1) is 10.1 Å². The van der Waals surface area contributed by atoms with Crippen LogP contribution in [0.5, 0.6) is 0 Å². The molecule has 2 aromatic carbocycles. The highest BCUT2D eigenvalue weighted by Crippen LogP contribution is 2.33.